The smallest absolute Gasteiger partial charge is 0.230 e. The number of nitrogens with zero attached hydrogens (tertiary/aromatic N) is 1. The highest BCUT2D eigenvalue weighted by Gasteiger charge is 2.19. The Morgan fingerprint density at radius 1 is 0.750 bits per heavy atom. The van der Waals surface area contributed by atoms with Gasteiger partial charge in [-0.2, -0.15) is 8.42 Å². The largest absolute Gasteiger partial charge is 0.291 e. The molecule has 1 atom stereocenters. The van der Waals surface area contributed by atoms with Gasteiger partial charge >= 0.3 is 0 Å². The van der Waals surface area contributed by atoms with Gasteiger partial charge in [-0.1, -0.05) is 64.7 Å². The fraction of sp³-hybridized carbons (Fsp3) is 0.360. The van der Waals surface area contributed by atoms with E-state index in [4.69, 9.17) is 0 Å². The van der Waals surface area contributed by atoms with E-state index in [1.165, 1.54) is 12.1 Å². The third-order valence-corrected chi connectivity index (χ3v) is 9.14. The summed E-state index contributed by atoms with van der Waals surface area (Å²) in [4.78, 5) is 0.304. The topological polar surface area (TPSA) is 63.6 Å². The van der Waals surface area contributed by atoms with Gasteiger partial charge in [-0.05, 0) is 51.0 Å². The lowest BCUT2D eigenvalue weighted by atomic mass is 10.2. The standard InChI is InChI=1S/C25H31NO3S2Si/c1-22-12-16-24(17-13-22)30(27,20-10-8-6-7-9-11-21-32(3,4)5)26-31(28,29)25-18-14-23(2)15-19-25/h12-19H,6-9H2,1-5H3. The minimum Gasteiger partial charge on any atom is -0.230 e. The molecule has 0 aliphatic rings. The lowest BCUT2D eigenvalue weighted by Gasteiger charge is -2.06. The van der Waals surface area contributed by atoms with Gasteiger partial charge in [-0.3, -0.25) is 0 Å². The van der Waals surface area contributed by atoms with Gasteiger partial charge in [0.1, 0.15) is 8.07 Å². The first-order valence-electron chi connectivity index (χ1n) is 10.6. The van der Waals surface area contributed by atoms with Crippen LogP contribution >= 0.6 is 0 Å². The highest BCUT2D eigenvalue weighted by atomic mass is 32.3. The molecule has 1 unspecified atom stereocenters. The number of hydrogen-bond acceptors (Lipinski definition) is 3. The molecule has 4 nitrogen and oxygen atoms in total. The molecule has 2 aromatic carbocycles. The van der Waals surface area contributed by atoms with E-state index < -0.39 is 27.8 Å². The summed E-state index contributed by atoms with van der Waals surface area (Å²) in [5.41, 5.74) is 5.24. The van der Waals surface area contributed by atoms with Crippen LogP contribution < -0.4 is 0 Å². The molecule has 0 saturated carbocycles. The van der Waals surface area contributed by atoms with E-state index in [0.717, 1.165) is 30.4 Å². The Hall–Kier alpha value is -2.32. The highest BCUT2D eigenvalue weighted by Crippen LogP contribution is 2.21. The Morgan fingerprint density at radius 3 is 1.72 bits per heavy atom. The molecule has 0 amide bonds. The summed E-state index contributed by atoms with van der Waals surface area (Å²) in [6, 6.07) is 13.1. The van der Waals surface area contributed by atoms with Crippen LogP contribution in [0.1, 0.15) is 36.8 Å². The second kappa shape index (κ2) is 11.0. The van der Waals surface area contributed by atoms with E-state index in [1.54, 1.807) is 36.4 Å². The third kappa shape index (κ3) is 8.31. The monoisotopic (exact) mass is 485 g/mol. The average molecular weight is 486 g/mol. The SMILES string of the molecule is Cc1ccc(S(=O)(=O)N=S(=O)(C#CCCCCC#C[Si](C)(C)C)c2ccc(C)cc2)cc1. The molecule has 170 valence electrons. The quantitative estimate of drug-likeness (QED) is 0.290. The summed E-state index contributed by atoms with van der Waals surface area (Å²) in [7, 11) is -8.94. The van der Waals surface area contributed by atoms with Gasteiger partial charge < -0.3 is 0 Å². The molecule has 0 aliphatic heterocycles. The Kier molecular flexibility index (Phi) is 8.92. The summed E-state index contributed by atoms with van der Waals surface area (Å²) in [6.45, 7) is 10.4. The summed E-state index contributed by atoms with van der Waals surface area (Å²) in [6.07, 6.45) is 3.03. The molecule has 2 rings (SSSR count). The van der Waals surface area contributed by atoms with E-state index in [1.807, 2.05) is 13.8 Å². The van der Waals surface area contributed by atoms with Crippen molar-refractivity contribution >= 4 is 27.8 Å². The molecule has 7 heteroatoms. The van der Waals surface area contributed by atoms with E-state index in [2.05, 4.69) is 46.0 Å². The summed E-state index contributed by atoms with van der Waals surface area (Å²) < 4.78 is 43.2. The predicted octanol–water partition coefficient (Wildman–Crippen LogP) is 5.92. The molecule has 0 N–H and O–H groups in total. The maximum absolute atomic E-state index is 13.7. The van der Waals surface area contributed by atoms with Crippen molar-refractivity contribution in [3.8, 4) is 22.6 Å². The normalized spacial score (nSPS) is 13.2. The molecular weight excluding hydrogens is 454 g/mol. The second-order valence-electron chi connectivity index (χ2n) is 8.74. The van der Waals surface area contributed by atoms with Crippen molar-refractivity contribution in [3.63, 3.8) is 0 Å². The van der Waals surface area contributed by atoms with Crippen LogP contribution in [-0.4, -0.2) is 20.7 Å². The minimum atomic E-state index is -4.13. The fourth-order valence-corrected chi connectivity index (χ4v) is 6.64. The second-order valence-corrected chi connectivity index (χ2v) is 17.2. The van der Waals surface area contributed by atoms with Crippen LogP contribution in [0.4, 0.5) is 0 Å². The van der Waals surface area contributed by atoms with Gasteiger partial charge in [-0.25, -0.2) is 4.21 Å². The zero-order chi connectivity index (χ0) is 23.8. The number of sulfonamides is 1. The summed E-state index contributed by atoms with van der Waals surface area (Å²) in [5, 5.41) is 2.69. The summed E-state index contributed by atoms with van der Waals surface area (Å²) >= 11 is 0. The first-order valence-corrected chi connectivity index (χ1v) is 17.0. The molecular formula is C25H31NO3S2Si. The lowest BCUT2D eigenvalue weighted by molar-refractivity contribution is 0.598. The van der Waals surface area contributed by atoms with Crippen LogP contribution in [0, 0.1) is 36.5 Å². The van der Waals surface area contributed by atoms with Crippen molar-refractivity contribution in [2.75, 3.05) is 0 Å². The van der Waals surface area contributed by atoms with Crippen LogP contribution in [0.3, 0.4) is 0 Å². The van der Waals surface area contributed by atoms with E-state index in [9.17, 15) is 12.6 Å². The van der Waals surface area contributed by atoms with Crippen molar-refractivity contribution in [3.05, 3.63) is 59.7 Å². The Labute approximate surface area is 195 Å². The first-order chi connectivity index (χ1) is 14.9. The number of rotatable bonds is 6. The van der Waals surface area contributed by atoms with Crippen molar-refractivity contribution in [2.24, 2.45) is 3.77 Å². The number of hydrogen-bond donors (Lipinski definition) is 0. The number of unbranched alkanes of at least 4 members (excludes halogenated alkanes) is 3. The van der Waals surface area contributed by atoms with Gasteiger partial charge in [0.05, 0.1) is 9.79 Å². The fourth-order valence-electron chi connectivity index (χ4n) is 2.64. The zero-order valence-corrected chi connectivity index (χ0v) is 22.1. The molecule has 0 radical (unpaired) electrons. The molecule has 0 fully saturated rings. The minimum absolute atomic E-state index is 0.00529. The van der Waals surface area contributed by atoms with Gasteiger partial charge in [0.2, 0.25) is 0 Å². The molecule has 32 heavy (non-hydrogen) atoms. The Morgan fingerprint density at radius 2 is 1.22 bits per heavy atom. The Balaban J connectivity index is 2.29. The highest BCUT2D eigenvalue weighted by molar-refractivity contribution is 8.06. The van der Waals surface area contributed by atoms with Gasteiger partial charge in [0.25, 0.3) is 10.0 Å². The van der Waals surface area contributed by atoms with Crippen LogP contribution in [0.25, 0.3) is 0 Å². The van der Waals surface area contributed by atoms with Gasteiger partial charge in [0, 0.05) is 18.1 Å². The van der Waals surface area contributed by atoms with Crippen LogP contribution in [0.2, 0.25) is 19.6 Å². The van der Waals surface area contributed by atoms with E-state index in [-0.39, 0.29) is 4.90 Å². The van der Waals surface area contributed by atoms with Crippen molar-refractivity contribution in [1.29, 1.82) is 0 Å². The van der Waals surface area contributed by atoms with E-state index >= 15 is 0 Å². The summed E-state index contributed by atoms with van der Waals surface area (Å²) in [5.74, 6) is 6.13. The molecule has 0 bridgehead atoms. The zero-order valence-electron chi connectivity index (χ0n) is 19.4. The Bertz CT molecular complexity index is 1270. The first kappa shape index (κ1) is 25.9. The molecule has 0 aromatic heterocycles. The van der Waals surface area contributed by atoms with Crippen molar-refractivity contribution < 1.29 is 12.6 Å². The lowest BCUT2D eigenvalue weighted by Crippen LogP contribution is -2.16. The third-order valence-electron chi connectivity index (χ3n) is 4.39. The van der Waals surface area contributed by atoms with Crippen molar-refractivity contribution in [2.45, 2.75) is 69.0 Å². The number of aryl methyl sites for hydroxylation is 2. The molecule has 0 heterocycles. The average Bonchev–Trinajstić information content (AvgIpc) is 2.69. The molecule has 0 saturated heterocycles. The van der Waals surface area contributed by atoms with Gasteiger partial charge in [0.15, 0.2) is 9.73 Å². The van der Waals surface area contributed by atoms with Crippen LogP contribution in [0.5, 0.6) is 0 Å². The molecule has 2 aromatic rings. The van der Waals surface area contributed by atoms with Crippen LogP contribution in [-0.2, 0) is 19.8 Å². The van der Waals surface area contributed by atoms with Crippen molar-refractivity contribution in [1.82, 2.24) is 0 Å². The van der Waals surface area contributed by atoms with Gasteiger partial charge in [-0.15, -0.1) is 11.5 Å². The van der Waals surface area contributed by atoms with E-state index in [0.29, 0.717) is 11.3 Å². The maximum Gasteiger partial charge on any atom is 0.291 e. The molecule has 0 spiro atoms. The predicted molar refractivity (Wildman–Crippen MR) is 136 cm³/mol. The van der Waals surface area contributed by atoms with Crippen LogP contribution in [0.15, 0.2) is 62.1 Å². The maximum atomic E-state index is 13.7. The molecule has 0 aliphatic carbocycles. The number of benzene rings is 2.